The second-order valence-electron chi connectivity index (χ2n) is 5.47. The monoisotopic (exact) mass is 349 g/mol. The average molecular weight is 349 g/mol. The molecule has 0 radical (unpaired) electrons. The standard InChI is InChI=1S/C16H16FN3O3S/c1-24-13-6-10-8(4-11(13)14(18)21)2-3-19-16(10)23-7-9-5-12(17)15(22)20-9/h2-4,6,9,12H,5,7H2,1H3,(H2,18,21)(H,20,22)/t9-,12-/m0/s1. The van der Waals surface area contributed by atoms with Gasteiger partial charge in [0.1, 0.15) is 6.61 Å². The Morgan fingerprint density at radius 2 is 2.33 bits per heavy atom. The van der Waals surface area contributed by atoms with Gasteiger partial charge in [-0.3, -0.25) is 9.59 Å². The molecule has 126 valence electrons. The molecule has 0 aliphatic carbocycles. The SMILES string of the molecule is CSc1cc2c(OC[C@@H]3C[C@H](F)C(=O)N3)nccc2cc1C(N)=O. The summed E-state index contributed by atoms with van der Waals surface area (Å²) in [6, 6.07) is 4.88. The summed E-state index contributed by atoms with van der Waals surface area (Å²) in [5.41, 5.74) is 5.85. The lowest BCUT2D eigenvalue weighted by molar-refractivity contribution is -0.123. The van der Waals surface area contributed by atoms with Crippen molar-refractivity contribution in [3.8, 4) is 5.88 Å². The van der Waals surface area contributed by atoms with E-state index < -0.39 is 18.0 Å². The van der Waals surface area contributed by atoms with Gasteiger partial charge in [-0.25, -0.2) is 9.37 Å². The van der Waals surface area contributed by atoms with Crippen LogP contribution in [-0.4, -0.2) is 41.9 Å². The summed E-state index contributed by atoms with van der Waals surface area (Å²) in [4.78, 5) is 27.7. The van der Waals surface area contributed by atoms with Crippen molar-refractivity contribution in [2.24, 2.45) is 5.73 Å². The van der Waals surface area contributed by atoms with Crippen LogP contribution in [0.1, 0.15) is 16.8 Å². The maximum Gasteiger partial charge on any atom is 0.254 e. The molecule has 2 aromatic rings. The summed E-state index contributed by atoms with van der Waals surface area (Å²) in [6.45, 7) is 0.129. The summed E-state index contributed by atoms with van der Waals surface area (Å²) < 4.78 is 18.9. The van der Waals surface area contributed by atoms with Crippen LogP contribution in [0.25, 0.3) is 10.8 Å². The topological polar surface area (TPSA) is 94.3 Å². The van der Waals surface area contributed by atoms with Crippen molar-refractivity contribution in [2.75, 3.05) is 12.9 Å². The molecule has 1 aliphatic heterocycles. The van der Waals surface area contributed by atoms with Crippen molar-refractivity contribution >= 4 is 34.3 Å². The first-order chi connectivity index (χ1) is 11.5. The van der Waals surface area contributed by atoms with Gasteiger partial charge in [-0.2, -0.15) is 0 Å². The predicted octanol–water partition coefficient (Wildman–Crippen LogP) is 1.66. The first kappa shape index (κ1) is 16.5. The van der Waals surface area contributed by atoms with Gasteiger partial charge in [0.2, 0.25) is 11.8 Å². The summed E-state index contributed by atoms with van der Waals surface area (Å²) in [5, 5.41) is 4.04. The van der Waals surface area contributed by atoms with Gasteiger partial charge in [-0.05, 0) is 29.8 Å². The van der Waals surface area contributed by atoms with Crippen molar-refractivity contribution in [1.29, 1.82) is 0 Å². The zero-order chi connectivity index (χ0) is 17.3. The first-order valence-electron chi connectivity index (χ1n) is 7.33. The van der Waals surface area contributed by atoms with Gasteiger partial charge in [0.25, 0.3) is 5.91 Å². The van der Waals surface area contributed by atoms with Gasteiger partial charge in [0.15, 0.2) is 6.17 Å². The minimum Gasteiger partial charge on any atom is -0.475 e. The van der Waals surface area contributed by atoms with Gasteiger partial charge in [0, 0.05) is 22.9 Å². The van der Waals surface area contributed by atoms with Crippen LogP contribution >= 0.6 is 11.8 Å². The third kappa shape index (κ3) is 3.14. The van der Waals surface area contributed by atoms with E-state index in [1.165, 1.54) is 11.8 Å². The average Bonchev–Trinajstić information content (AvgIpc) is 2.89. The summed E-state index contributed by atoms with van der Waals surface area (Å²) in [6.07, 6.45) is 2.01. The zero-order valence-corrected chi connectivity index (χ0v) is 13.7. The molecule has 0 bridgehead atoms. The van der Waals surface area contributed by atoms with E-state index in [4.69, 9.17) is 10.5 Å². The number of halogens is 1. The molecule has 2 atom stereocenters. The fraction of sp³-hybridized carbons (Fsp3) is 0.312. The van der Waals surface area contributed by atoms with Crippen LogP contribution in [0.5, 0.6) is 5.88 Å². The Morgan fingerprint density at radius 3 is 2.96 bits per heavy atom. The number of ether oxygens (including phenoxy) is 1. The first-order valence-corrected chi connectivity index (χ1v) is 8.56. The molecule has 1 fully saturated rings. The number of carbonyl (C=O) groups excluding carboxylic acids is 2. The Labute approximate surface area is 141 Å². The highest BCUT2D eigenvalue weighted by Crippen LogP contribution is 2.31. The number of nitrogens with zero attached hydrogens (tertiary/aromatic N) is 1. The number of nitrogens with one attached hydrogen (secondary N) is 1. The largest absolute Gasteiger partial charge is 0.475 e. The van der Waals surface area contributed by atoms with E-state index in [1.54, 1.807) is 24.4 Å². The predicted molar refractivity (Wildman–Crippen MR) is 89.0 cm³/mol. The lowest BCUT2D eigenvalue weighted by Crippen LogP contribution is -2.31. The van der Waals surface area contributed by atoms with Crippen LogP contribution in [-0.2, 0) is 4.79 Å². The summed E-state index contributed by atoms with van der Waals surface area (Å²) in [7, 11) is 0. The second kappa shape index (κ2) is 6.64. The minimum absolute atomic E-state index is 0.0888. The van der Waals surface area contributed by atoms with Gasteiger partial charge in [-0.15, -0.1) is 11.8 Å². The number of hydrogen-bond donors (Lipinski definition) is 2. The van der Waals surface area contributed by atoms with E-state index >= 15 is 0 Å². The fourth-order valence-corrected chi connectivity index (χ4v) is 3.26. The Morgan fingerprint density at radius 1 is 1.54 bits per heavy atom. The highest BCUT2D eigenvalue weighted by molar-refractivity contribution is 7.98. The number of nitrogens with two attached hydrogens (primary N) is 1. The van der Waals surface area contributed by atoms with E-state index in [2.05, 4.69) is 10.3 Å². The fourth-order valence-electron chi connectivity index (χ4n) is 2.65. The van der Waals surface area contributed by atoms with E-state index in [0.717, 1.165) is 15.7 Å². The number of primary amides is 1. The Balaban J connectivity index is 1.88. The van der Waals surface area contributed by atoms with Crippen LogP contribution in [0, 0.1) is 0 Å². The third-order valence-electron chi connectivity index (χ3n) is 3.86. The summed E-state index contributed by atoms with van der Waals surface area (Å²) in [5.74, 6) is -0.733. The molecule has 0 saturated carbocycles. The van der Waals surface area contributed by atoms with E-state index in [1.807, 2.05) is 6.26 Å². The summed E-state index contributed by atoms with van der Waals surface area (Å²) >= 11 is 1.40. The minimum atomic E-state index is -1.49. The Hall–Kier alpha value is -2.35. The van der Waals surface area contributed by atoms with E-state index in [-0.39, 0.29) is 19.1 Å². The number of hydrogen-bond acceptors (Lipinski definition) is 5. The quantitative estimate of drug-likeness (QED) is 0.801. The molecule has 1 aliphatic rings. The van der Waals surface area contributed by atoms with Crippen LogP contribution in [0.15, 0.2) is 29.3 Å². The molecule has 0 spiro atoms. The lowest BCUT2D eigenvalue weighted by atomic mass is 10.1. The molecule has 8 heteroatoms. The number of carbonyl (C=O) groups is 2. The van der Waals surface area contributed by atoms with Crippen molar-refractivity contribution in [1.82, 2.24) is 10.3 Å². The van der Waals surface area contributed by atoms with Gasteiger partial charge < -0.3 is 15.8 Å². The number of fused-ring (bicyclic) bond motifs is 1. The van der Waals surface area contributed by atoms with Crippen molar-refractivity contribution in [3.05, 3.63) is 30.0 Å². The van der Waals surface area contributed by atoms with Crippen molar-refractivity contribution in [2.45, 2.75) is 23.5 Å². The maximum absolute atomic E-state index is 13.2. The molecule has 24 heavy (non-hydrogen) atoms. The third-order valence-corrected chi connectivity index (χ3v) is 4.63. The van der Waals surface area contributed by atoms with Crippen LogP contribution in [0.4, 0.5) is 4.39 Å². The second-order valence-corrected chi connectivity index (χ2v) is 6.32. The molecule has 1 saturated heterocycles. The molecule has 6 nitrogen and oxygen atoms in total. The molecule has 3 rings (SSSR count). The van der Waals surface area contributed by atoms with E-state index in [9.17, 15) is 14.0 Å². The molecule has 2 amide bonds. The lowest BCUT2D eigenvalue weighted by Gasteiger charge is -2.14. The number of thioether (sulfide) groups is 1. The van der Waals surface area contributed by atoms with Gasteiger partial charge >= 0.3 is 0 Å². The number of amides is 2. The normalized spacial score (nSPS) is 20.2. The van der Waals surface area contributed by atoms with Gasteiger partial charge in [-0.1, -0.05) is 0 Å². The molecule has 1 aromatic heterocycles. The van der Waals surface area contributed by atoms with Crippen LogP contribution in [0.2, 0.25) is 0 Å². The smallest absolute Gasteiger partial charge is 0.254 e. The van der Waals surface area contributed by atoms with Crippen molar-refractivity contribution in [3.63, 3.8) is 0 Å². The van der Waals surface area contributed by atoms with Crippen LogP contribution < -0.4 is 15.8 Å². The number of aromatic nitrogens is 1. The molecule has 0 unspecified atom stereocenters. The van der Waals surface area contributed by atoms with Crippen molar-refractivity contribution < 1.29 is 18.7 Å². The maximum atomic E-state index is 13.2. The highest BCUT2D eigenvalue weighted by Gasteiger charge is 2.32. The highest BCUT2D eigenvalue weighted by atomic mass is 32.2. The number of alkyl halides is 1. The molecule has 3 N–H and O–H groups in total. The van der Waals surface area contributed by atoms with Crippen LogP contribution in [0.3, 0.4) is 0 Å². The number of benzene rings is 1. The Kier molecular flexibility index (Phi) is 4.57. The number of rotatable bonds is 5. The molecular weight excluding hydrogens is 333 g/mol. The van der Waals surface area contributed by atoms with Gasteiger partial charge in [0.05, 0.1) is 11.6 Å². The zero-order valence-electron chi connectivity index (χ0n) is 12.9. The molecular formula is C16H16FN3O3S. The van der Waals surface area contributed by atoms with E-state index in [0.29, 0.717) is 11.4 Å². The Bertz CT molecular complexity index is 814. The molecule has 1 aromatic carbocycles. The number of pyridine rings is 1. The molecule has 2 heterocycles.